The second-order valence-corrected chi connectivity index (χ2v) is 12.7. The molecule has 9 nitrogen and oxygen atoms in total. The Morgan fingerprint density at radius 1 is 0.857 bits per heavy atom. The van der Waals surface area contributed by atoms with Crippen LogP contribution in [0.3, 0.4) is 0 Å². The van der Waals surface area contributed by atoms with Crippen LogP contribution in [0.2, 0.25) is 0 Å². The predicted molar refractivity (Wildman–Crippen MR) is 167 cm³/mol. The number of sulfonamides is 1. The highest BCUT2D eigenvalue weighted by Gasteiger charge is 2.24. The van der Waals surface area contributed by atoms with Crippen molar-refractivity contribution in [3.05, 3.63) is 89.5 Å². The van der Waals surface area contributed by atoms with Gasteiger partial charge in [0.1, 0.15) is 0 Å². The summed E-state index contributed by atoms with van der Waals surface area (Å²) < 4.78 is 29.3. The quantitative estimate of drug-likeness (QED) is 0.328. The van der Waals surface area contributed by atoms with Gasteiger partial charge in [0.15, 0.2) is 0 Å². The van der Waals surface area contributed by atoms with Crippen LogP contribution in [-0.4, -0.2) is 70.9 Å². The summed E-state index contributed by atoms with van der Waals surface area (Å²) in [7, 11) is -3.74. The Morgan fingerprint density at radius 3 is 2.24 bits per heavy atom. The fraction of sp³-hybridized carbons (Fsp3) is 0.375. The number of likely N-dealkylation sites (tertiary alicyclic amines) is 1. The molecule has 2 aliphatic rings. The second kappa shape index (κ2) is 13.3. The number of rotatable bonds is 11. The number of aryl methyl sites for hydroxylation is 1. The molecule has 0 spiro atoms. The SMILES string of the molecule is Cc1ccccc1N1CCN(c2ccc(C(=O)NCCCN3CCCC3=O)cc2NS(=O)(=O)Cc2ccccc2)CC1. The normalized spacial score (nSPS) is 15.6. The summed E-state index contributed by atoms with van der Waals surface area (Å²) in [6.45, 7) is 6.95. The zero-order valence-corrected chi connectivity index (χ0v) is 24.9. The van der Waals surface area contributed by atoms with Crippen molar-refractivity contribution in [3.63, 3.8) is 0 Å². The number of hydrogen-bond acceptors (Lipinski definition) is 6. The molecule has 2 heterocycles. The number of para-hydroxylation sites is 1. The first-order chi connectivity index (χ1) is 20.3. The molecule has 3 aromatic rings. The molecule has 0 aromatic heterocycles. The van der Waals surface area contributed by atoms with E-state index in [0.29, 0.717) is 55.8 Å². The number of carbonyl (C=O) groups is 2. The number of benzene rings is 3. The predicted octanol–water partition coefficient (Wildman–Crippen LogP) is 4.01. The molecule has 0 unspecified atom stereocenters. The molecule has 0 bridgehead atoms. The molecule has 5 rings (SSSR count). The van der Waals surface area contributed by atoms with E-state index >= 15 is 0 Å². The molecule has 2 aliphatic heterocycles. The van der Waals surface area contributed by atoms with Crippen LogP contribution in [0.4, 0.5) is 17.1 Å². The van der Waals surface area contributed by atoms with Crippen molar-refractivity contribution in [2.75, 3.05) is 60.3 Å². The fourth-order valence-corrected chi connectivity index (χ4v) is 6.85. The number of nitrogens with zero attached hydrogens (tertiary/aromatic N) is 3. The molecule has 3 aromatic carbocycles. The lowest BCUT2D eigenvalue weighted by Crippen LogP contribution is -2.47. The van der Waals surface area contributed by atoms with Gasteiger partial charge in [0, 0.05) is 63.5 Å². The topological polar surface area (TPSA) is 102 Å². The van der Waals surface area contributed by atoms with Gasteiger partial charge in [-0.1, -0.05) is 48.5 Å². The summed E-state index contributed by atoms with van der Waals surface area (Å²) in [6.07, 6.45) is 2.15. The Balaban J connectivity index is 1.30. The van der Waals surface area contributed by atoms with Crippen LogP contribution in [0.1, 0.15) is 40.7 Å². The van der Waals surface area contributed by atoms with Gasteiger partial charge < -0.3 is 20.0 Å². The molecule has 0 saturated carbocycles. The standard InChI is InChI=1S/C32H39N5O4S/c1-25-9-5-6-12-29(25)35-19-21-36(22-20-35)30-15-14-27(32(39)33-16-8-18-37-17-7-13-31(37)38)23-28(30)34-42(40,41)24-26-10-3-2-4-11-26/h2-6,9-12,14-15,23,34H,7-8,13,16-22,24H2,1H3,(H,33,39). The van der Waals surface area contributed by atoms with E-state index in [0.717, 1.165) is 31.7 Å². The molecule has 2 saturated heterocycles. The summed E-state index contributed by atoms with van der Waals surface area (Å²) in [6, 6.07) is 22.6. The number of piperazine rings is 1. The van der Waals surface area contributed by atoms with E-state index in [1.165, 1.54) is 11.3 Å². The highest BCUT2D eigenvalue weighted by Crippen LogP contribution is 2.31. The van der Waals surface area contributed by atoms with Gasteiger partial charge in [-0.3, -0.25) is 14.3 Å². The molecular weight excluding hydrogens is 550 g/mol. The summed E-state index contributed by atoms with van der Waals surface area (Å²) in [5.41, 5.74) is 4.64. The number of anilines is 3. The van der Waals surface area contributed by atoms with Gasteiger partial charge in [-0.15, -0.1) is 0 Å². The van der Waals surface area contributed by atoms with E-state index < -0.39 is 10.0 Å². The molecule has 10 heteroatoms. The lowest BCUT2D eigenvalue weighted by atomic mass is 10.1. The van der Waals surface area contributed by atoms with Crippen LogP contribution in [0.5, 0.6) is 0 Å². The minimum Gasteiger partial charge on any atom is -0.368 e. The Bertz CT molecular complexity index is 1500. The molecule has 2 fully saturated rings. The molecule has 2 N–H and O–H groups in total. The van der Waals surface area contributed by atoms with Crippen LogP contribution in [0.25, 0.3) is 0 Å². The molecule has 2 amide bonds. The van der Waals surface area contributed by atoms with Crippen molar-refractivity contribution in [2.45, 2.75) is 31.9 Å². The van der Waals surface area contributed by atoms with Crippen LogP contribution in [-0.2, 0) is 20.6 Å². The number of amides is 2. The van der Waals surface area contributed by atoms with E-state index in [4.69, 9.17) is 0 Å². The Kier molecular flexibility index (Phi) is 9.31. The first kappa shape index (κ1) is 29.4. The van der Waals surface area contributed by atoms with Gasteiger partial charge >= 0.3 is 0 Å². The van der Waals surface area contributed by atoms with Crippen molar-refractivity contribution in [1.29, 1.82) is 0 Å². The maximum absolute atomic E-state index is 13.3. The molecule has 0 radical (unpaired) electrons. The first-order valence-corrected chi connectivity index (χ1v) is 16.2. The first-order valence-electron chi connectivity index (χ1n) is 14.6. The van der Waals surface area contributed by atoms with Crippen molar-refractivity contribution in [2.24, 2.45) is 0 Å². The van der Waals surface area contributed by atoms with Gasteiger partial charge in [-0.05, 0) is 55.2 Å². The number of hydrogen-bond donors (Lipinski definition) is 2. The molecule has 0 atom stereocenters. The van der Waals surface area contributed by atoms with E-state index in [-0.39, 0.29) is 17.6 Å². The van der Waals surface area contributed by atoms with E-state index in [2.05, 4.69) is 38.9 Å². The molecule has 42 heavy (non-hydrogen) atoms. The highest BCUT2D eigenvalue weighted by molar-refractivity contribution is 7.91. The lowest BCUT2D eigenvalue weighted by molar-refractivity contribution is -0.127. The minimum atomic E-state index is -3.74. The Hall–Kier alpha value is -4.05. The van der Waals surface area contributed by atoms with Crippen molar-refractivity contribution >= 4 is 38.9 Å². The molecule has 222 valence electrons. The third-order valence-electron chi connectivity index (χ3n) is 7.86. The zero-order chi connectivity index (χ0) is 29.5. The second-order valence-electron chi connectivity index (χ2n) is 10.9. The van der Waals surface area contributed by atoms with Crippen LogP contribution in [0, 0.1) is 6.92 Å². The summed E-state index contributed by atoms with van der Waals surface area (Å²) >= 11 is 0. The lowest BCUT2D eigenvalue weighted by Gasteiger charge is -2.38. The monoisotopic (exact) mass is 589 g/mol. The van der Waals surface area contributed by atoms with E-state index in [1.54, 1.807) is 24.3 Å². The number of carbonyl (C=O) groups excluding carboxylic acids is 2. The summed E-state index contributed by atoms with van der Waals surface area (Å²) in [4.78, 5) is 31.2. The maximum Gasteiger partial charge on any atom is 0.251 e. The third kappa shape index (κ3) is 7.42. The Morgan fingerprint density at radius 2 is 1.55 bits per heavy atom. The summed E-state index contributed by atoms with van der Waals surface area (Å²) in [5.74, 6) is -0.272. The Labute approximate surface area is 248 Å². The van der Waals surface area contributed by atoms with Gasteiger partial charge in [0.05, 0.1) is 17.1 Å². The van der Waals surface area contributed by atoms with E-state index in [9.17, 15) is 18.0 Å². The molecular formula is C32H39N5O4S. The molecule has 0 aliphatic carbocycles. The van der Waals surface area contributed by atoms with Crippen LogP contribution >= 0.6 is 0 Å². The maximum atomic E-state index is 13.3. The van der Waals surface area contributed by atoms with Crippen LogP contribution in [0.15, 0.2) is 72.8 Å². The minimum absolute atomic E-state index is 0.167. The van der Waals surface area contributed by atoms with Gasteiger partial charge in [-0.25, -0.2) is 8.42 Å². The van der Waals surface area contributed by atoms with Crippen LogP contribution < -0.4 is 19.8 Å². The van der Waals surface area contributed by atoms with Crippen molar-refractivity contribution in [1.82, 2.24) is 10.2 Å². The van der Waals surface area contributed by atoms with Gasteiger partial charge in [0.2, 0.25) is 15.9 Å². The number of nitrogens with one attached hydrogen (secondary N) is 2. The smallest absolute Gasteiger partial charge is 0.251 e. The van der Waals surface area contributed by atoms with Gasteiger partial charge in [0.25, 0.3) is 5.91 Å². The van der Waals surface area contributed by atoms with Crippen molar-refractivity contribution < 1.29 is 18.0 Å². The third-order valence-corrected chi connectivity index (χ3v) is 9.11. The van der Waals surface area contributed by atoms with Crippen molar-refractivity contribution in [3.8, 4) is 0 Å². The van der Waals surface area contributed by atoms with Gasteiger partial charge in [-0.2, -0.15) is 0 Å². The zero-order valence-electron chi connectivity index (χ0n) is 24.1. The highest BCUT2D eigenvalue weighted by atomic mass is 32.2. The summed E-state index contributed by atoms with van der Waals surface area (Å²) in [5, 5.41) is 2.92. The average Bonchev–Trinajstić information content (AvgIpc) is 3.40. The van der Waals surface area contributed by atoms with E-state index in [1.807, 2.05) is 41.3 Å². The average molecular weight is 590 g/mol. The fourth-order valence-electron chi connectivity index (χ4n) is 5.65. The largest absolute Gasteiger partial charge is 0.368 e.